The van der Waals surface area contributed by atoms with Crippen LogP contribution < -0.4 is 15.8 Å². The van der Waals surface area contributed by atoms with Crippen LogP contribution in [0, 0.1) is 19.8 Å². The van der Waals surface area contributed by atoms with Crippen molar-refractivity contribution in [2.24, 2.45) is 13.0 Å². The predicted octanol–water partition coefficient (Wildman–Crippen LogP) is 0.696. The first-order valence-electron chi connectivity index (χ1n) is 8.99. The first-order valence-corrected chi connectivity index (χ1v) is 8.99. The highest BCUT2D eigenvalue weighted by Crippen LogP contribution is 2.21. The highest BCUT2D eigenvalue weighted by atomic mass is 16.1. The summed E-state index contributed by atoms with van der Waals surface area (Å²) in [5, 5.41) is 14.2. The molecule has 8 heteroatoms. The molecule has 0 saturated carbocycles. The number of anilines is 1. The van der Waals surface area contributed by atoms with Crippen LogP contribution in [0.4, 0.5) is 5.69 Å². The maximum absolute atomic E-state index is 12.1. The summed E-state index contributed by atoms with van der Waals surface area (Å²) in [6.07, 6.45) is 3.89. The Hall–Kier alpha value is -2.64. The van der Waals surface area contributed by atoms with Gasteiger partial charge in [-0.15, -0.1) is 0 Å². The molecule has 1 aliphatic rings. The van der Waals surface area contributed by atoms with Gasteiger partial charge in [0.15, 0.2) is 0 Å². The quantitative estimate of drug-likeness (QED) is 0.792. The number of aromatic nitrogens is 4. The van der Waals surface area contributed by atoms with Crippen molar-refractivity contribution >= 4 is 11.6 Å². The van der Waals surface area contributed by atoms with Crippen LogP contribution in [0.15, 0.2) is 17.1 Å². The Kier molecular flexibility index (Phi) is 5.39. The molecule has 0 spiro atoms. The summed E-state index contributed by atoms with van der Waals surface area (Å²) in [7, 11) is 1.64. The van der Waals surface area contributed by atoms with Crippen LogP contribution in [-0.4, -0.2) is 45.5 Å². The van der Waals surface area contributed by atoms with Crippen molar-refractivity contribution in [2.45, 2.75) is 33.1 Å². The van der Waals surface area contributed by atoms with Crippen LogP contribution in [0.5, 0.6) is 0 Å². The Morgan fingerprint density at radius 1 is 1.42 bits per heavy atom. The minimum atomic E-state index is -0.107. The molecule has 1 saturated heterocycles. The minimum absolute atomic E-state index is 0.0682. The number of H-pyrrole nitrogens is 1. The molecule has 0 bridgehead atoms. The van der Waals surface area contributed by atoms with Gasteiger partial charge in [-0.3, -0.25) is 14.7 Å². The van der Waals surface area contributed by atoms with Gasteiger partial charge in [0.05, 0.1) is 17.6 Å². The summed E-state index contributed by atoms with van der Waals surface area (Å²) in [6.45, 7) is 6.30. The minimum Gasteiger partial charge on any atom is -0.370 e. The lowest BCUT2D eigenvalue weighted by atomic mass is 10.1. The monoisotopic (exact) mass is 358 g/mol. The van der Waals surface area contributed by atoms with Gasteiger partial charge in [-0.1, -0.05) is 0 Å². The molecule has 1 fully saturated rings. The molecule has 26 heavy (non-hydrogen) atoms. The van der Waals surface area contributed by atoms with Gasteiger partial charge in [-0.2, -0.15) is 10.2 Å². The van der Waals surface area contributed by atoms with Gasteiger partial charge in [0.1, 0.15) is 0 Å². The van der Waals surface area contributed by atoms with Gasteiger partial charge in [0.2, 0.25) is 5.91 Å². The largest absolute Gasteiger partial charge is 0.370 e. The average Bonchev–Trinajstić information content (AvgIpc) is 3.21. The standard InChI is InChI=1S/C18H26N6O2/c1-12-16(13(2)22-21-12)4-5-17(25)19-9-14-6-7-24(11-14)15-8-18(26)23(3)20-10-15/h8,10,14H,4-7,9,11H2,1-3H3,(H,19,25)(H,21,22). The summed E-state index contributed by atoms with van der Waals surface area (Å²) in [5.41, 5.74) is 3.87. The number of rotatable bonds is 6. The van der Waals surface area contributed by atoms with Crippen molar-refractivity contribution in [3.05, 3.63) is 39.6 Å². The number of nitrogens with zero attached hydrogens (tertiary/aromatic N) is 4. The molecule has 1 amide bonds. The molecule has 0 radical (unpaired) electrons. The van der Waals surface area contributed by atoms with Crippen molar-refractivity contribution in [3.8, 4) is 0 Å². The molecule has 2 aromatic rings. The van der Waals surface area contributed by atoms with E-state index in [1.807, 2.05) is 13.8 Å². The van der Waals surface area contributed by atoms with Crippen LogP contribution >= 0.6 is 0 Å². The van der Waals surface area contributed by atoms with E-state index in [4.69, 9.17) is 0 Å². The fourth-order valence-electron chi connectivity index (χ4n) is 3.39. The van der Waals surface area contributed by atoms with Crippen molar-refractivity contribution < 1.29 is 4.79 Å². The van der Waals surface area contributed by atoms with Crippen LogP contribution in [0.1, 0.15) is 29.8 Å². The molecule has 1 unspecified atom stereocenters. The highest BCUT2D eigenvalue weighted by molar-refractivity contribution is 5.76. The number of hydrogen-bond acceptors (Lipinski definition) is 5. The maximum atomic E-state index is 12.1. The molecule has 0 aliphatic carbocycles. The van der Waals surface area contributed by atoms with Crippen LogP contribution in [0.3, 0.4) is 0 Å². The van der Waals surface area contributed by atoms with Gasteiger partial charge in [-0.25, -0.2) is 4.68 Å². The number of aromatic amines is 1. The molecule has 1 aliphatic heterocycles. The summed E-state index contributed by atoms with van der Waals surface area (Å²) in [5.74, 6) is 0.458. The van der Waals surface area contributed by atoms with E-state index in [2.05, 4.69) is 25.5 Å². The summed E-state index contributed by atoms with van der Waals surface area (Å²) in [6, 6.07) is 1.61. The van der Waals surface area contributed by atoms with Gasteiger partial charge >= 0.3 is 0 Å². The number of carbonyl (C=O) groups is 1. The van der Waals surface area contributed by atoms with Crippen molar-refractivity contribution in [2.75, 3.05) is 24.5 Å². The van der Waals surface area contributed by atoms with Gasteiger partial charge in [0, 0.05) is 44.9 Å². The second-order valence-electron chi connectivity index (χ2n) is 6.99. The Bertz CT molecular complexity index is 821. The second-order valence-corrected chi connectivity index (χ2v) is 6.99. The summed E-state index contributed by atoms with van der Waals surface area (Å²) >= 11 is 0. The zero-order valence-corrected chi connectivity index (χ0v) is 15.6. The molecule has 3 rings (SSSR count). The van der Waals surface area contributed by atoms with E-state index in [9.17, 15) is 9.59 Å². The Morgan fingerprint density at radius 2 is 2.23 bits per heavy atom. The van der Waals surface area contributed by atoms with Crippen molar-refractivity contribution in [1.82, 2.24) is 25.3 Å². The third kappa shape index (κ3) is 4.12. The van der Waals surface area contributed by atoms with Gasteiger partial charge < -0.3 is 10.2 Å². The van der Waals surface area contributed by atoms with E-state index in [0.29, 0.717) is 25.3 Å². The summed E-state index contributed by atoms with van der Waals surface area (Å²) < 4.78 is 1.32. The molecule has 2 aromatic heterocycles. The lowest BCUT2D eigenvalue weighted by molar-refractivity contribution is -0.121. The number of aryl methyl sites for hydroxylation is 3. The molecular weight excluding hydrogens is 332 g/mol. The normalized spacial score (nSPS) is 16.9. The first-order chi connectivity index (χ1) is 12.4. The van der Waals surface area contributed by atoms with E-state index in [-0.39, 0.29) is 11.5 Å². The zero-order valence-electron chi connectivity index (χ0n) is 15.6. The molecule has 140 valence electrons. The third-order valence-corrected chi connectivity index (χ3v) is 5.08. The van der Waals surface area contributed by atoms with Crippen LogP contribution in [0.2, 0.25) is 0 Å². The molecule has 1 atom stereocenters. The second kappa shape index (κ2) is 7.72. The molecular formula is C18H26N6O2. The van der Waals surface area contributed by atoms with Crippen LogP contribution in [0.25, 0.3) is 0 Å². The van der Waals surface area contributed by atoms with Gasteiger partial charge in [-0.05, 0) is 38.2 Å². The number of nitrogens with one attached hydrogen (secondary N) is 2. The average molecular weight is 358 g/mol. The Morgan fingerprint density at radius 3 is 2.92 bits per heavy atom. The Labute approximate surface area is 152 Å². The SMILES string of the molecule is Cc1n[nH]c(C)c1CCC(=O)NCC1CCN(c2cnn(C)c(=O)c2)C1. The van der Waals surface area contributed by atoms with Crippen molar-refractivity contribution in [1.29, 1.82) is 0 Å². The molecule has 8 nitrogen and oxygen atoms in total. The number of carbonyl (C=O) groups excluding carboxylic acids is 1. The predicted molar refractivity (Wildman–Crippen MR) is 99.2 cm³/mol. The Balaban J connectivity index is 1.44. The summed E-state index contributed by atoms with van der Waals surface area (Å²) in [4.78, 5) is 26.0. The van der Waals surface area contributed by atoms with Crippen molar-refractivity contribution in [3.63, 3.8) is 0 Å². The van der Waals surface area contributed by atoms with E-state index < -0.39 is 0 Å². The van der Waals surface area contributed by atoms with Gasteiger partial charge in [0.25, 0.3) is 5.56 Å². The molecule has 0 aromatic carbocycles. The lowest BCUT2D eigenvalue weighted by Gasteiger charge is -2.18. The molecule has 3 heterocycles. The fraction of sp³-hybridized carbons (Fsp3) is 0.556. The van der Waals surface area contributed by atoms with E-state index in [0.717, 1.165) is 42.1 Å². The third-order valence-electron chi connectivity index (χ3n) is 5.08. The maximum Gasteiger partial charge on any atom is 0.268 e. The lowest BCUT2D eigenvalue weighted by Crippen LogP contribution is -2.31. The van der Waals surface area contributed by atoms with E-state index >= 15 is 0 Å². The van der Waals surface area contributed by atoms with Crippen LogP contribution in [-0.2, 0) is 18.3 Å². The topological polar surface area (TPSA) is 95.9 Å². The number of amides is 1. The number of hydrogen-bond donors (Lipinski definition) is 2. The first kappa shape index (κ1) is 18.2. The zero-order chi connectivity index (χ0) is 18.7. The highest BCUT2D eigenvalue weighted by Gasteiger charge is 2.23. The molecule has 2 N–H and O–H groups in total. The van der Waals surface area contributed by atoms with E-state index in [1.54, 1.807) is 19.3 Å². The fourth-order valence-corrected chi connectivity index (χ4v) is 3.39. The smallest absolute Gasteiger partial charge is 0.268 e. The van der Waals surface area contributed by atoms with E-state index in [1.165, 1.54) is 4.68 Å².